The smallest absolute Gasteiger partial charge is 0.136 e. The topological polar surface area (TPSA) is 34.1 Å². The second-order valence-electron chi connectivity index (χ2n) is 10.6. The Bertz CT molecular complexity index is 414. The van der Waals surface area contributed by atoms with Gasteiger partial charge < -0.3 is 0 Å². The first-order valence-corrected chi connectivity index (χ1v) is 14.8. The first kappa shape index (κ1) is 29.4. The van der Waals surface area contributed by atoms with Crippen molar-refractivity contribution in [1.29, 1.82) is 0 Å². The van der Waals surface area contributed by atoms with Crippen LogP contribution in [0.25, 0.3) is 0 Å². The summed E-state index contributed by atoms with van der Waals surface area (Å²) in [5.74, 6) is 0.892. The fraction of sp³-hybridized carbons (Fsp3) is 0.933. The van der Waals surface area contributed by atoms with Gasteiger partial charge in [0.05, 0.1) is 0 Å². The van der Waals surface area contributed by atoms with Crippen molar-refractivity contribution in [2.45, 2.75) is 168 Å². The first-order valence-electron chi connectivity index (χ1n) is 14.8. The van der Waals surface area contributed by atoms with Gasteiger partial charge in [0.15, 0.2) is 0 Å². The van der Waals surface area contributed by atoms with Crippen molar-refractivity contribution in [1.82, 2.24) is 0 Å². The molecule has 0 aromatic rings. The van der Waals surface area contributed by atoms with Crippen molar-refractivity contribution in [3.05, 3.63) is 0 Å². The molecule has 0 heterocycles. The summed E-state index contributed by atoms with van der Waals surface area (Å²) in [6, 6.07) is 0. The average molecular weight is 449 g/mol. The lowest BCUT2D eigenvalue weighted by Crippen LogP contribution is -2.32. The molecular weight excluding hydrogens is 392 g/mol. The van der Waals surface area contributed by atoms with Crippen LogP contribution in [0.2, 0.25) is 0 Å². The molecule has 2 atom stereocenters. The van der Waals surface area contributed by atoms with Crippen LogP contribution in [0.3, 0.4) is 0 Å². The van der Waals surface area contributed by atoms with E-state index in [0.29, 0.717) is 24.4 Å². The Labute approximate surface area is 201 Å². The lowest BCUT2D eigenvalue weighted by molar-refractivity contribution is -0.134. The highest BCUT2D eigenvalue weighted by molar-refractivity contribution is 5.90. The van der Waals surface area contributed by atoms with Crippen molar-refractivity contribution in [3.8, 4) is 0 Å². The molecule has 0 spiro atoms. The van der Waals surface area contributed by atoms with Gasteiger partial charge >= 0.3 is 0 Å². The maximum Gasteiger partial charge on any atom is 0.136 e. The van der Waals surface area contributed by atoms with Crippen molar-refractivity contribution < 1.29 is 9.59 Å². The van der Waals surface area contributed by atoms with E-state index in [9.17, 15) is 9.59 Å². The highest BCUT2D eigenvalue weighted by atomic mass is 16.1. The van der Waals surface area contributed by atoms with Gasteiger partial charge in [0.1, 0.15) is 11.6 Å². The molecule has 1 aliphatic carbocycles. The summed E-state index contributed by atoms with van der Waals surface area (Å²) in [4.78, 5) is 25.8. The summed E-state index contributed by atoms with van der Waals surface area (Å²) in [6.07, 6.45) is 28.8. The quantitative estimate of drug-likeness (QED) is 0.154. The van der Waals surface area contributed by atoms with Gasteiger partial charge in [-0.15, -0.1) is 0 Å². The fourth-order valence-electron chi connectivity index (χ4n) is 5.49. The number of hydrogen-bond acceptors (Lipinski definition) is 2. The molecule has 0 aliphatic heterocycles. The molecule has 2 unspecified atom stereocenters. The average Bonchev–Trinajstić information content (AvgIpc) is 2.81. The largest absolute Gasteiger partial charge is 0.299 e. The summed E-state index contributed by atoms with van der Waals surface area (Å²) in [7, 11) is 0. The van der Waals surface area contributed by atoms with Gasteiger partial charge in [0.25, 0.3) is 0 Å². The summed E-state index contributed by atoms with van der Waals surface area (Å²) in [5.41, 5.74) is 0. The lowest BCUT2D eigenvalue weighted by Gasteiger charge is -2.29. The molecule has 1 rings (SSSR count). The Morgan fingerprint density at radius 3 is 1.06 bits per heavy atom. The maximum absolute atomic E-state index is 12.9. The van der Waals surface area contributed by atoms with Crippen molar-refractivity contribution in [2.75, 3.05) is 0 Å². The molecular formula is C30H56O2. The molecule has 32 heavy (non-hydrogen) atoms. The van der Waals surface area contributed by atoms with Gasteiger partial charge in [0.2, 0.25) is 0 Å². The Morgan fingerprint density at radius 2 is 0.750 bits per heavy atom. The maximum atomic E-state index is 12.9. The summed E-state index contributed by atoms with van der Waals surface area (Å²) in [6.45, 7) is 4.53. The Balaban J connectivity index is 2.15. The van der Waals surface area contributed by atoms with Gasteiger partial charge in [-0.3, -0.25) is 9.59 Å². The predicted octanol–water partition coefficient (Wildman–Crippen LogP) is 9.77. The van der Waals surface area contributed by atoms with Crippen LogP contribution in [0.1, 0.15) is 168 Å². The Kier molecular flexibility index (Phi) is 19.2. The van der Waals surface area contributed by atoms with Crippen LogP contribution in [0.5, 0.6) is 0 Å². The summed E-state index contributed by atoms with van der Waals surface area (Å²) >= 11 is 0. The highest BCUT2D eigenvalue weighted by Gasteiger charge is 2.34. The van der Waals surface area contributed by atoms with E-state index >= 15 is 0 Å². The van der Waals surface area contributed by atoms with Crippen LogP contribution in [0, 0.1) is 11.8 Å². The SMILES string of the molecule is CCCCCCCCCCCC(=O)C1CCCCC1C(=O)CCCCCCCCCCC. The molecule has 0 saturated heterocycles. The zero-order chi connectivity index (χ0) is 23.3. The number of carbonyl (C=O) groups is 2. The van der Waals surface area contributed by atoms with E-state index in [1.54, 1.807) is 0 Å². The van der Waals surface area contributed by atoms with Crippen LogP contribution in [-0.2, 0) is 9.59 Å². The summed E-state index contributed by atoms with van der Waals surface area (Å²) in [5, 5.41) is 0. The lowest BCUT2D eigenvalue weighted by atomic mass is 9.73. The second kappa shape index (κ2) is 20.9. The standard InChI is InChI=1S/C30H56O2/c1-3-5-7-9-11-13-15-17-19-25-29(31)27-23-21-22-24-28(27)30(32)26-20-18-16-14-12-10-8-6-4-2/h27-28H,3-26H2,1-2H3. The normalized spacial score (nSPS) is 18.7. The number of unbranched alkanes of at least 4 members (excludes halogenated alkanes) is 16. The second-order valence-corrected chi connectivity index (χ2v) is 10.6. The van der Waals surface area contributed by atoms with Crippen LogP contribution in [0.4, 0.5) is 0 Å². The van der Waals surface area contributed by atoms with E-state index in [2.05, 4.69) is 13.8 Å². The van der Waals surface area contributed by atoms with Gasteiger partial charge in [-0.2, -0.15) is 0 Å². The van der Waals surface area contributed by atoms with E-state index in [1.165, 1.54) is 103 Å². The molecule has 188 valence electrons. The number of Topliss-reactive ketones (excluding diaryl/α,β-unsaturated/α-hetero) is 2. The molecule has 0 aromatic carbocycles. The van der Waals surface area contributed by atoms with E-state index in [1.807, 2.05) is 0 Å². The zero-order valence-electron chi connectivity index (χ0n) is 21.9. The number of ketones is 2. The highest BCUT2D eigenvalue weighted by Crippen LogP contribution is 2.34. The third-order valence-corrected chi connectivity index (χ3v) is 7.65. The minimum atomic E-state index is 0.0452. The minimum absolute atomic E-state index is 0.0452. The van der Waals surface area contributed by atoms with Gasteiger partial charge in [-0.25, -0.2) is 0 Å². The molecule has 0 bridgehead atoms. The number of rotatable bonds is 22. The molecule has 0 aromatic heterocycles. The molecule has 0 N–H and O–H groups in total. The number of hydrogen-bond donors (Lipinski definition) is 0. The first-order chi connectivity index (χ1) is 15.7. The third kappa shape index (κ3) is 14.5. The van der Waals surface area contributed by atoms with Crippen LogP contribution in [0.15, 0.2) is 0 Å². The van der Waals surface area contributed by atoms with Crippen molar-refractivity contribution >= 4 is 11.6 Å². The van der Waals surface area contributed by atoms with Crippen LogP contribution >= 0.6 is 0 Å². The van der Waals surface area contributed by atoms with Gasteiger partial charge in [0, 0.05) is 24.7 Å². The Morgan fingerprint density at radius 1 is 0.469 bits per heavy atom. The minimum Gasteiger partial charge on any atom is -0.299 e. The van der Waals surface area contributed by atoms with E-state index in [0.717, 1.165) is 38.5 Å². The zero-order valence-corrected chi connectivity index (χ0v) is 21.9. The predicted molar refractivity (Wildman–Crippen MR) is 139 cm³/mol. The number of carbonyl (C=O) groups excluding carboxylic acids is 2. The van der Waals surface area contributed by atoms with Crippen LogP contribution in [-0.4, -0.2) is 11.6 Å². The molecule has 2 heteroatoms. The fourth-order valence-corrected chi connectivity index (χ4v) is 5.49. The van der Waals surface area contributed by atoms with Gasteiger partial charge in [-0.1, -0.05) is 129 Å². The van der Waals surface area contributed by atoms with Crippen molar-refractivity contribution in [3.63, 3.8) is 0 Å². The molecule has 0 amide bonds. The van der Waals surface area contributed by atoms with E-state index in [4.69, 9.17) is 0 Å². The van der Waals surface area contributed by atoms with Crippen LogP contribution < -0.4 is 0 Å². The third-order valence-electron chi connectivity index (χ3n) is 7.65. The molecule has 1 fully saturated rings. The monoisotopic (exact) mass is 448 g/mol. The molecule has 1 saturated carbocycles. The molecule has 0 radical (unpaired) electrons. The van der Waals surface area contributed by atoms with Gasteiger partial charge in [-0.05, 0) is 25.7 Å². The summed E-state index contributed by atoms with van der Waals surface area (Å²) < 4.78 is 0. The molecule has 2 nitrogen and oxygen atoms in total. The molecule has 1 aliphatic rings. The van der Waals surface area contributed by atoms with E-state index in [-0.39, 0.29) is 11.8 Å². The van der Waals surface area contributed by atoms with Crippen molar-refractivity contribution in [2.24, 2.45) is 11.8 Å². The Hall–Kier alpha value is -0.660. The van der Waals surface area contributed by atoms with E-state index < -0.39 is 0 Å².